The van der Waals surface area contributed by atoms with Gasteiger partial charge in [-0.2, -0.15) is 0 Å². The predicted molar refractivity (Wildman–Crippen MR) is 289 cm³/mol. The molecule has 1 N–H and O–H groups in total. The lowest BCUT2D eigenvalue weighted by Gasteiger charge is -2.17. The van der Waals surface area contributed by atoms with E-state index < -0.39 is 0 Å². The Balaban J connectivity index is 4.05. The van der Waals surface area contributed by atoms with E-state index in [0.717, 1.165) is 18.8 Å². The van der Waals surface area contributed by atoms with E-state index in [1.807, 2.05) is 0 Å². The summed E-state index contributed by atoms with van der Waals surface area (Å²) in [6, 6.07) is 0. The summed E-state index contributed by atoms with van der Waals surface area (Å²) in [6.45, 7) is 6.87. The van der Waals surface area contributed by atoms with Crippen molar-refractivity contribution >= 4 is 0 Å². The molecule has 0 radical (unpaired) electrons. The second kappa shape index (κ2) is 57.6. The van der Waals surface area contributed by atoms with E-state index in [9.17, 15) is 5.11 Å². The summed E-state index contributed by atoms with van der Waals surface area (Å²) in [5.41, 5.74) is 0. The molecule has 0 saturated heterocycles. The summed E-state index contributed by atoms with van der Waals surface area (Å²) in [7, 11) is 0. The fraction of sp³-hybridized carbons (Fsp3) is 0.935. The van der Waals surface area contributed by atoms with E-state index in [-0.39, 0.29) is 6.10 Å². The monoisotopic (exact) mass is 883 g/mol. The zero-order valence-corrected chi connectivity index (χ0v) is 44.4. The minimum atomic E-state index is -0.127. The molecule has 2 atom stereocenters. The van der Waals surface area contributed by atoms with Crippen LogP contribution < -0.4 is 0 Å². The molecule has 1 unspecified atom stereocenters. The Hall–Kier alpha value is -0.560. The number of hydrogen-bond acceptors (Lipinski definition) is 1. The Bertz CT molecular complexity index is 842. The van der Waals surface area contributed by atoms with Gasteiger partial charge in [-0.1, -0.05) is 334 Å². The molecule has 0 aliphatic carbocycles. The Morgan fingerprint density at radius 2 is 0.444 bits per heavy atom. The first kappa shape index (κ1) is 62.4. The smallest absolute Gasteiger partial charge is 0.0574 e. The van der Waals surface area contributed by atoms with Crippen molar-refractivity contribution < 1.29 is 5.11 Å². The summed E-state index contributed by atoms with van der Waals surface area (Å²) < 4.78 is 0. The highest BCUT2D eigenvalue weighted by Gasteiger charge is 2.09. The average molecular weight is 884 g/mol. The van der Waals surface area contributed by atoms with Gasteiger partial charge >= 0.3 is 0 Å². The minimum Gasteiger partial charge on any atom is -0.393 e. The SMILES string of the molecule is CCCCCCCCC=CCCCCCCCCCCCC(CCCCCCCCC=CC[C@H](O)CCCCCC)CCCCCCCCCCCCCCCCCCCCCC. The van der Waals surface area contributed by atoms with Gasteiger partial charge < -0.3 is 5.11 Å². The van der Waals surface area contributed by atoms with E-state index >= 15 is 0 Å². The van der Waals surface area contributed by atoms with Gasteiger partial charge in [-0.05, 0) is 57.3 Å². The summed E-state index contributed by atoms with van der Waals surface area (Å²) >= 11 is 0. The van der Waals surface area contributed by atoms with Crippen molar-refractivity contribution in [3.63, 3.8) is 0 Å². The lowest BCUT2D eigenvalue weighted by molar-refractivity contribution is 0.163. The molecule has 63 heavy (non-hydrogen) atoms. The van der Waals surface area contributed by atoms with Gasteiger partial charge in [-0.15, -0.1) is 0 Å². The third kappa shape index (κ3) is 55.7. The number of hydrogen-bond donors (Lipinski definition) is 1. The molecule has 0 heterocycles. The maximum atomic E-state index is 10.2. The highest BCUT2D eigenvalue weighted by Crippen LogP contribution is 2.25. The molecular formula is C62H122O. The van der Waals surface area contributed by atoms with Gasteiger partial charge in [0.1, 0.15) is 0 Å². The van der Waals surface area contributed by atoms with E-state index in [1.165, 1.54) is 327 Å². The van der Waals surface area contributed by atoms with Crippen LogP contribution in [0.3, 0.4) is 0 Å². The summed E-state index contributed by atoms with van der Waals surface area (Å²) in [5.74, 6) is 0.993. The van der Waals surface area contributed by atoms with Crippen LogP contribution in [0.2, 0.25) is 0 Å². The predicted octanol–water partition coefficient (Wildman–Crippen LogP) is 22.8. The number of unbranched alkanes of at least 4 members (excludes halogenated alkanes) is 43. The van der Waals surface area contributed by atoms with Crippen molar-refractivity contribution in [3.05, 3.63) is 24.3 Å². The van der Waals surface area contributed by atoms with Crippen LogP contribution in [-0.2, 0) is 0 Å². The molecule has 0 aromatic rings. The number of rotatable bonds is 56. The zero-order valence-electron chi connectivity index (χ0n) is 44.4. The summed E-state index contributed by atoms with van der Waals surface area (Å²) in [6.07, 6.45) is 84.1. The van der Waals surface area contributed by atoms with Crippen LogP contribution in [0, 0.1) is 5.92 Å². The Labute approximate surface area is 400 Å². The second-order valence-electron chi connectivity index (χ2n) is 21.1. The quantitative estimate of drug-likeness (QED) is 0.0477. The number of allylic oxidation sites excluding steroid dienone is 3. The Morgan fingerprint density at radius 1 is 0.238 bits per heavy atom. The first-order valence-electron chi connectivity index (χ1n) is 30.2. The first-order chi connectivity index (χ1) is 31.2. The largest absolute Gasteiger partial charge is 0.393 e. The molecule has 0 bridgehead atoms. The molecule has 0 amide bonds. The lowest BCUT2D eigenvalue weighted by Crippen LogP contribution is -2.04. The van der Waals surface area contributed by atoms with Crippen molar-refractivity contribution in [3.8, 4) is 0 Å². The standard InChI is InChI=1S/C62H122O/c1-4-7-10-13-15-17-19-21-23-25-27-29-31-33-35-37-40-44-48-52-57-61(58-53-49-45-41-38-42-46-50-55-60-62(63)59-54-12-9-6-3)56-51-47-43-39-36-34-32-30-28-26-24-22-20-18-16-14-11-8-5-2/h22,24,50,55,61-63H,4-21,23,25-49,51-54,56-60H2,1-3H3/t61?,62-/m1/s1. The fourth-order valence-electron chi connectivity index (χ4n) is 10.0. The minimum absolute atomic E-state index is 0.127. The maximum Gasteiger partial charge on any atom is 0.0574 e. The van der Waals surface area contributed by atoms with Crippen LogP contribution >= 0.6 is 0 Å². The zero-order chi connectivity index (χ0) is 45.5. The molecule has 376 valence electrons. The van der Waals surface area contributed by atoms with Crippen LogP contribution in [0.15, 0.2) is 24.3 Å². The van der Waals surface area contributed by atoms with Crippen molar-refractivity contribution in [2.75, 3.05) is 0 Å². The van der Waals surface area contributed by atoms with Crippen LogP contribution in [0.25, 0.3) is 0 Å². The highest BCUT2D eigenvalue weighted by molar-refractivity contribution is 4.84. The molecule has 0 fully saturated rings. The Kier molecular flexibility index (Phi) is 57.1. The highest BCUT2D eigenvalue weighted by atomic mass is 16.3. The third-order valence-corrected chi connectivity index (χ3v) is 14.5. The molecule has 0 aromatic carbocycles. The third-order valence-electron chi connectivity index (χ3n) is 14.5. The van der Waals surface area contributed by atoms with Crippen molar-refractivity contribution in [2.45, 2.75) is 367 Å². The van der Waals surface area contributed by atoms with Crippen LogP contribution in [0.4, 0.5) is 0 Å². The van der Waals surface area contributed by atoms with Crippen LogP contribution in [-0.4, -0.2) is 11.2 Å². The summed E-state index contributed by atoms with van der Waals surface area (Å²) in [5, 5.41) is 10.2. The van der Waals surface area contributed by atoms with Crippen molar-refractivity contribution in [1.29, 1.82) is 0 Å². The van der Waals surface area contributed by atoms with Gasteiger partial charge in [0.25, 0.3) is 0 Å². The molecule has 0 aliphatic rings. The molecular weight excluding hydrogens is 761 g/mol. The van der Waals surface area contributed by atoms with Crippen molar-refractivity contribution in [1.82, 2.24) is 0 Å². The number of aliphatic hydroxyl groups is 1. The molecule has 0 rings (SSSR count). The van der Waals surface area contributed by atoms with Crippen LogP contribution in [0.1, 0.15) is 361 Å². The van der Waals surface area contributed by atoms with E-state index in [2.05, 4.69) is 45.1 Å². The van der Waals surface area contributed by atoms with E-state index in [4.69, 9.17) is 0 Å². The van der Waals surface area contributed by atoms with Crippen LogP contribution in [0.5, 0.6) is 0 Å². The second-order valence-corrected chi connectivity index (χ2v) is 21.1. The molecule has 1 nitrogen and oxygen atoms in total. The maximum absolute atomic E-state index is 10.2. The molecule has 0 aliphatic heterocycles. The number of aliphatic hydroxyl groups excluding tert-OH is 1. The lowest BCUT2D eigenvalue weighted by atomic mass is 9.89. The summed E-state index contributed by atoms with van der Waals surface area (Å²) in [4.78, 5) is 0. The molecule has 0 saturated carbocycles. The van der Waals surface area contributed by atoms with Gasteiger partial charge in [-0.3, -0.25) is 0 Å². The normalized spacial score (nSPS) is 13.0. The molecule has 0 aromatic heterocycles. The fourth-order valence-corrected chi connectivity index (χ4v) is 10.0. The average Bonchev–Trinajstić information content (AvgIpc) is 3.29. The van der Waals surface area contributed by atoms with Gasteiger partial charge in [0.15, 0.2) is 0 Å². The van der Waals surface area contributed by atoms with Gasteiger partial charge in [-0.25, -0.2) is 0 Å². The first-order valence-corrected chi connectivity index (χ1v) is 30.2. The van der Waals surface area contributed by atoms with Gasteiger partial charge in [0, 0.05) is 0 Å². The van der Waals surface area contributed by atoms with Gasteiger partial charge in [0.2, 0.25) is 0 Å². The Morgan fingerprint density at radius 3 is 0.730 bits per heavy atom. The molecule has 1 heteroatoms. The van der Waals surface area contributed by atoms with E-state index in [0.29, 0.717) is 0 Å². The van der Waals surface area contributed by atoms with Gasteiger partial charge in [0.05, 0.1) is 6.10 Å². The van der Waals surface area contributed by atoms with E-state index in [1.54, 1.807) is 0 Å². The van der Waals surface area contributed by atoms with Crippen molar-refractivity contribution in [2.24, 2.45) is 5.92 Å². The topological polar surface area (TPSA) is 20.2 Å². The molecule has 0 spiro atoms.